The van der Waals surface area contributed by atoms with Gasteiger partial charge >= 0.3 is 0 Å². The molecule has 0 spiro atoms. The largest absolute Gasteiger partial charge is 0.322 e. The molecule has 194 valence electrons. The fourth-order valence-corrected chi connectivity index (χ4v) is 5.99. The molecule has 0 aliphatic heterocycles. The van der Waals surface area contributed by atoms with E-state index in [1.807, 2.05) is 10.7 Å². The van der Waals surface area contributed by atoms with Crippen LogP contribution < -0.4 is 5.56 Å². The van der Waals surface area contributed by atoms with Gasteiger partial charge in [0, 0.05) is 35.6 Å². The van der Waals surface area contributed by atoms with E-state index in [4.69, 9.17) is 0 Å². The molecule has 1 N–H and O–H groups in total. The van der Waals surface area contributed by atoms with E-state index in [2.05, 4.69) is 88.6 Å². The van der Waals surface area contributed by atoms with E-state index in [1.165, 1.54) is 30.4 Å². The smallest absolute Gasteiger partial charge is 0.252 e. The summed E-state index contributed by atoms with van der Waals surface area (Å²) in [5.41, 5.74) is 5.34. The first-order valence-corrected chi connectivity index (χ1v) is 13.7. The van der Waals surface area contributed by atoms with Gasteiger partial charge in [0.05, 0.1) is 6.04 Å². The number of nitrogens with one attached hydrogen (secondary N) is 1. The monoisotopic (exact) mass is 498 g/mol. The van der Waals surface area contributed by atoms with Crippen LogP contribution in [0.3, 0.4) is 0 Å². The molecule has 1 aliphatic carbocycles. The molecule has 1 saturated carbocycles. The summed E-state index contributed by atoms with van der Waals surface area (Å²) in [6.07, 6.45) is 7.78. The zero-order valence-corrected chi connectivity index (χ0v) is 22.3. The number of nitrogens with zero attached hydrogens (tertiary/aromatic N) is 5. The molecule has 0 bridgehead atoms. The number of hydrogen-bond acceptors (Lipinski definition) is 5. The van der Waals surface area contributed by atoms with E-state index in [9.17, 15) is 4.79 Å². The molecule has 5 rings (SSSR count). The number of aryl methyl sites for hydroxylation is 4. The van der Waals surface area contributed by atoms with Crippen molar-refractivity contribution in [3.63, 3.8) is 0 Å². The van der Waals surface area contributed by atoms with Crippen LogP contribution in [0, 0.1) is 13.8 Å². The lowest BCUT2D eigenvalue weighted by atomic mass is 9.92. The van der Waals surface area contributed by atoms with E-state index in [-0.39, 0.29) is 11.6 Å². The van der Waals surface area contributed by atoms with Gasteiger partial charge in [-0.25, -0.2) is 4.68 Å². The zero-order chi connectivity index (χ0) is 25.8. The number of hydrogen-bond donors (Lipinski definition) is 1. The van der Waals surface area contributed by atoms with Crippen LogP contribution in [-0.4, -0.2) is 36.1 Å². The van der Waals surface area contributed by atoms with Crippen LogP contribution in [0.15, 0.2) is 53.3 Å². The summed E-state index contributed by atoms with van der Waals surface area (Å²) in [4.78, 5) is 18.9. The third-order valence-electron chi connectivity index (χ3n) is 7.89. The van der Waals surface area contributed by atoms with Crippen molar-refractivity contribution in [1.29, 1.82) is 0 Å². The van der Waals surface area contributed by atoms with Crippen molar-refractivity contribution < 1.29 is 0 Å². The van der Waals surface area contributed by atoms with Crippen molar-refractivity contribution in [2.45, 2.75) is 90.9 Å². The van der Waals surface area contributed by atoms with Gasteiger partial charge in [0.1, 0.15) is 0 Å². The molecule has 4 aromatic rings. The van der Waals surface area contributed by atoms with Crippen molar-refractivity contribution in [2.24, 2.45) is 0 Å². The lowest BCUT2D eigenvalue weighted by Crippen LogP contribution is -2.41. The second-order valence-electron chi connectivity index (χ2n) is 10.6. The normalized spacial score (nSPS) is 15.5. The Bertz CT molecular complexity index is 1390. The number of rotatable bonds is 9. The Morgan fingerprint density at radius 1 is 1.08 bits per heavy atom. The molecule has 2 heterocycles. The molecular formula is C30H38N6O. The molecule has 2 aromatic heterocycles. The third kappa shape index (κ3) is 5.67. The molecule has 37 heavy (non-hydrogen) atoms. The third-order valence-corrected chi connectivity index (χ3v) is 7.89. The van der Waals surface area contributed by atoms with Crippen LogP contribution in [-0.2, 0) is 19.5 Å². The lowest BCUT2D eigenvalue weighted by Gasteiger charge is -2.39. The maximum atomic E-state index is 13.3. The quantitative estimate of drug-likeness (QED) is 0.322. The van der Waals surface area contributed by atoms with Crippen LogP contribution in [0.5, 0.6) is 0 Å². The van der Waals surface area contributed by atoms with E-state index in [1.54, 1.807) is 0 Å². The number of aromatic nitrogens is 5. The first-order chi connectivity index (χ1) is 18.0. The minimum Gasteiger partial charge on any atom is -0.322 e. The number of aromatic amines is 1. The molecule has 2 aromatic carbocycles. The number of benzene rings is 2. The van der Waals surface area contributed by atoms with Crippen molar-refractivity contribution in [1.82, 2.24) is 30.1 Å². The Morgan fingerprint density at radius 2 is 1.86 bits per heavy atom. The van der Waals surface area contributed by atoms with Gasteiger partial charge in [0.2, 0.25) is 0 Å². The number of pyridine rings is 1. The van der Waals surface area contributed by atoms with Gasteiger partial charge in [-0.2, -0.15) is 0 Å². The minimum absolute atomic E-state index is 0.00293. The summed E-state index contributed by atoms with van der Waals surface area (Å²) in [7, 11) is 0. The predicted octanol–water partition coefficient (Wildman–Crippen LogP) is 5.66. The summed E-state index contributed by atoms with van der Waals surface area (Å²) in [6.45, 7) is 7.71. The molecule has 1 fully saturated rings. The highest BCUT2D eigenvalue weighted by atomic mass is 16.1. The van der Waals surface area contributed by atoms with Gasteiger partial charge in [-0.05, 0) is 78.8 Å². The van der Waals surface area contributed by atoms with Crippen LogP contribution in [0.25, 0.3) is 10.9 Å². The Kier molecular flexibility index (Phi) is 7.79. The number of H-pyrrole nitrogens is 1. The highest BCUT2D eigenvalue weighted by molar-refractivity contribution is 5.83. The Labute approximate surface area is 218 Å². The molecular weight excluding hydrogens is 460 g/mol. The first-order valence-electron chi connectivity index (χ1n) is 13.7. The van der Waals surface area contributed by atoms with E-state index >= 15 is 0 Å². The summed E-state index contributed by atoms with van der Waals surface area (Å²) < 4.78 is 1.97. The van der Waals surface area contributed by atoms with Crippen molar-refractivity contribution in [2.75, 3.05) is 0 Å². The summed E-state index contributed by atoms with van der Waals surface area (Å²) in [5, 5.41) is 14.1. The molecule has 7 nitrogen and oxygen atoms in total. The Balaban J connectivity index is 1.48. The average molecular weight is 499 g/mol. The molecule has 1 atom stereocenters. The topological polar surface area (TPSA) is 79.7 Å². The van der Waals surface area contributed by atoms with Gasteiger partial charge in [0.25, 0.3) is 5.56 Å². The highest BCUT2D eigenvalue weighted by Crippen LogP contribution is 2.33. The highest BCUT2D eigenvalue weighted by Gasteiger charge is 2.32. The van der Waals surface area contributed by atoms with Gasteiger partial charge in [0.15, 0.2) is 5.82 Å². The average Bonchev–Trinajstić information content (AvgIpc) is 3.37. The zero-order valence-electron chi connectivity index (χ0n) is 22.3. The maximum Gasteiger partial charge on any atom is 0.252 e. The summed E-state index contributed by atoms with van der Waals surface area (Å²) >= 11 is 0. The fourth-order valence-electron chi connectivity index (χ4n) is 5.99. The molecule has 1 aliphatic rings. The van der Waals surface area contributed by atoms with Crippen LogP contribution in [0.1, 0.15) is 79.6 Å². The Morgan fingerprint density at radius 3 is 2.62 bits per heavy atom. The van der Waals surface area contributed by atoms with Crippen molar-refractivity contribution >= 4 is 10.9 Å². The summed E-state index contributed by atoms with van der Waals surface area (Å²) in [5.74, 6) is 0.896. The molecule has 0 unspecified atom stereocenters. The molecule has 0 radical (unpaired) electrons. The standard InChI is InChI=1S/C30H38N6O/c1-4-28(29-32-33-34-36(29)16-15-23-11-7-5-8-12-23)35(25-13-9-6-10-14-25)20-24-19-26-22(3)17-21(2)18-27(26)31-30(24)37/h5,7-8,11-12,17-19,25,28H,4,6,9-10,13-16,20H2,1-3H3,(H,31,37)/t28-/m0/s1. The second kappa shape index (κ2) is 11.4. The van der Waals surface area contributed by atoms with Crippen LogP contribution >= 0.6 is 0 Å². The summed E-state index contributed by atoms with van der Waals surface area (Å²) in [6, 6.07) is 17.3. The fraction of sp³-hybridized carbons (Fsp3) is 0.467. The van der Waals surface area contributed by atoms with E-state index < -0.39 is 0 Å². The number of tetrazole rings is 1. The molecule has 7 heteroatoms. The first kappa shape index (κ1) is 25.3. The molecule has 0 saturated heterocycles. The number of fused-ring (bicyclic) bond motifs is 1. The van der Waals surface area contributed by atoms with E-state index in [0.29, 0.717) is 12.6 Å². The van der Waals surface area contributed by atoms with Crippen molar-refractivity contribution in [3.05, 3.63) is 87.0 Å². The molecule has 0 amide bonds. The Hall–Kier alpha value is -3.32. The van der Waals surface area contributed by atoms with E-state index in [0.717, 1.165) is 60.1 Å². The predicted molar refractivity (Wildman–Crippen MR) is 147 cm³/mol. The van der Waals surface area contributed by atoms with Crippen LogP contribution in [0.4, 0.5) is 0 Å². The second-order valence-corrected chi connectivity index (χ2v) is 10.6. The van der Waals surface area contributed by atoms with Gasteiger partial charge in [-0.1, -0.05) is 62.6 Å². The van der Waals surface area contributed by atoms with Gasteiger partial charge in [-0.3, -0.25) is 9.69 Å². The van der Waals surface area contributed by atoms with Gasteiger partial charge < -0.3 is 4.98 Å². The van der Waals surface area contributed by atoms with Gasteiger partial charge in [-0.15, -0.1) is 5.10 Å². The maximum absolute atomic E-state index is 13.3. The van der Waals surface area contributed by atoms with Crippen LogP contribution in [0.2, 0.25) is 0 Å². The lowest BCUT2D eigenvalue weighted by molar-refractivity contribution is 0.0841. The minimum atomic E-state index is -0.00293. The van der Waals surface area contributed by atoms with Crippen molar-refractivity contribution in [3.8, 4) is 0 Å². The SMILES string of the molecule is CC[C@@H](c1nnnn1CCc1ccccc1)N(Cc1cc2c(C)cc(C)cc2[nH]c1=O)C1CCCCC1.